The predicted octanol–water partition coefficient (Wildman–Crippen LogP) is 3.11. The van der Waals surface area contributed by atoms with E-state index in [-0.39, 0.29) is 5.69 Å². The number of nitrogens with zero attached hydrogens (tertiary/aromatic N) is 2. The Morgan fingerprint density at radius 3 is 2.28 bits per heavy atom. The largest absolute Gasteiger partial charge is 0.490 e. The fourth-order valence-corrected chi connectivity index (χ4v) is 4.05. The van der Waals surface area contributed by atoms with Crippen LogP contribution in [0.15, 0.2) is 42.5 Å². The van der Waals surface area contributed by atoms with Crippen molar-refractivity contribution in [1.29, 1.82) is 0 Å². The molecule has 0 saturated carbocycles. The van der Waals surface area contributed by atoms with Crippen molar-refractivity contribution >= 4 is 21.8 Å². The number of halogens is 1. The molecule has 0 aromatic heterocycles. The Hall–Kier alpha value is -2.85. The number of rotatable bonds is 11. The molecule has 0 saturated heterocycles. The van der Waals surface area contributed by atoms with Gasteiger partial charge in [-0.1, -0.05) is 18.2 Å². The van der Waals surface area contributed by atoms with Gasteiger partial charge in [0, 0.05) is 14.1 Å². The van der Waals surface area contributed by atoms with Gasteiger partial charge in [-0.05, 0) is 50.6 Å². The van der Waals surface area contributed by atoms with Crippen LogP contribution in [-0.2, 0) is 15.0 Å². The van der Waals surface area contributed by atoms with Crippen LogP contribution in [0.2, 0.25) is 0 Å². The number of nitrogens with one attached hydrogen (secondary N) is 1. The lowest BCUT2D eigenvalue weighted by molar-refractivity contribution is -0.120. The van der Waals surface area contributed by atoms with Crippen molar-refractivity contribution in [2.75, 3.05) is 38.2 Å². The van der Waals surface area contributed by atoms with E-state index in [0.29, 0.717) is 24.7 Å². The Balaban J connectivity index is 2.24. The minimum absolute atomic E-state index is 0.205. The van der Waals surface area contributed by atoms with Crippen LogP contribution in [0.5, 0.6) is 11.5 Å². The summed E-state index contributed by atoms with van der Waals surface area (Å²) in [6.07, 6.45) is 0. The molecule has 0 bridgehead atoms. The highest BCUT2D eigenvalue weighted by molar-refractivity contribution is 7.90. The summed E-state index contributed by atoms with van der Waals surface area (Å²) >= 11 is 0. The standard InChI is InChI=1S/C22H30FN3O5S/c1-6-30-20-13-12-17(14-21(20)31-7-2)16(3)24-22(27)15-26(32(28,29)25(4)5)19-11-9-8-10-18(19)23/h8-14,16H,6-7,15H2,1-5H3,(H,24,27). The minimum atomic E-state index is -4.11. The van der Waals surface area contributed by atoms with Crippen LogP contribution >= 0.6 is 0 Å². The lowest BCUT2D eigenvalue weighted by Gasteiger charge is -2.27. The molecule has 0 fully saturated rings. The minimum Gasteiger partial charge on any atom is -0.490 e. The fourth-order valence-electron chi connectivity index (χ4n) is 2.98. The molecule has 1 unspecified atom stereocenters. The molecule has 0 aliphatic carbocycles. The maximum absolute atomic E-state index is 14.3. The summed E-state index contributed by atoms with van der Waals surface area (Å²) in [6, 6.07) is 10.3. The van der Waals surface area contributed by atoms with Crippen LogP contribution in [0.25, 0.3) is 0 Å². The molecule has 0 aliphatic rings. The third-order valence-corrected chi connectivity index (χ3v) is 6.40. The van der Waals surface area contributed by atoms with Crippen LogP contribution in [0.3, 0.4) is 0 Å². The van der Waals surface area contributed by atoms with Crippen molar-refractivity contribution in [3.8, 4) is 11.5 Å². The van der Waals surface area contributed by atoms with E-state index in [1.165, 1.54) is 32.3 Å². The van der Waals surface area contributed by atoms with Crippen LogP contribution in [0, 0.1) is 5.82 Å². The lowest BCUT2D eigenvalue weighted by atomic mass is 10.1. The van der Waals surface area contributed by atoms with Crippen molar-refractivity contribution in [1.82, 2.24) is 9.62 Å². The normalized spacial score (nSPS) is 12.3. The molecule has 8 nitrogen and oxygen atoms in total. The molecule has 0 aliphatic heterocycles. The third-order valence-electron chi connectivity index (χ3n) is 4.59. The smallest absolute Gasteiger partial charge is 0.304 e. The predicted molar refractivity (Wildman–Crippen MR) is 122 cm³/mol. The van der Waals surface area contributed by atoms with E-state index in [4.69, 9.17) is 9.47 Å². The highest BCUT2D eigenvalue weighted by atomic mass is 32.2. The molecule has 0 heterocycles. The summed E-state index contributed by atoms with van der Waals surface area (Å²) in [4.78, 5) is 12.8. The molecule has 0 spiro atoms. The van der Waals surface area contributed by atoms with Gasteiger partial charge in [-0.2, -0.15) is 12.7 Å². The van der Waals surface area contributed by atoms with E-state index in [1.54, 1.807) is 25.1 Å². The van der Waals surface area contributed by atoms with Crippen molar-refractivity contribution in [3.63, 3.8) is 0 Å². The third kappa shape index (κ3) is 6.10. The lowest BCUT2D eigenvalue weighted by Crippen LogP contribution is -2.46. The van der Waals surface area contributed by atoms with Crippen LogP contribution in [0.1, 0.15) is 32.4 Å². The number of anilines is 1. The summed E-state index contributed by atoms with van der Waals surface area (Å²) in [6.45, 7) is 5.84. The van der Waals surface area contributed by atoms with Gasteiger partial charge in [0.15, 0.2) is 11.5 Å². The van der Waals surface area contributed by atoms with Gasteiger partial charge < -0.3 is 14.8 Å². The number of hydrogen-bond donors (Lipinski definition) is 1. The second-order valence-electron chi connectivity index (χ2n) is 7.11. The second kappa shape index (κ2) is 11.1. The Bertz CT molecular complexity index is 1030. The SMILES string of the molecule is CCOc1ccc(C(C)NC(=O)CN(c2ccccc2F)S(=O)(=O)N(C)C)cc1OCC. The van der Waals surface area contributed by atoms with Gasteiger partial charge in [0.1, 0.15) is 12.4 Å². The van der Waals surface area contributed by atoms with E-state index in [0.717, 1.165) is 20.2 Å². The van der Waals surface area contributed by atoms with E-state index >= 15 is 0 Å². The van der Waals surface area contributed by atoms with Crippen molar-refractivity contribution in [2.45, 2.75) is 26.8 Å². The highest BCUT2D eigenvalue weighted by Gasteiger charge is 2.29. The molecule has 32 heavy (non-hydrogen) atoms. The monoisotopic (exact) mass is 467 g/mol. The first-order valence-corrected chi connectivity index (χ1v) is 11.6. The quantitative estimate of drug-likeness (QED) is 0.549. The van der Waals surface area contributed by atoms with Gasteiger partial charge in [-0.3, -0.25) is 4.79 Å². The highest BCUT2D eigenvalue weighted by Crippen LogP contribution is 2.31. The summed E-state index contributed by atoms with van der Waals surface area (Å²) in [7, 11) is -1.47. The average molecular weight is 468 g/mol. The molecular formula is C22H30FN3O5S. The van der Waals surface area contributed by atoms with Gasteiger partial charge in [0.2, 0.25) is 5.91 Å². The van der Waals surface area contributed by atoms with Crippen molar-refractivity contribution in [3.05, 3.63) is 53.8 Å². The molecule has 2 aromatic carbocycles. The maximum atomic E-state index is 14.3. The molecule has 1 atom stereocenters. The molecular weight excluding hydrogens is 437 g/mol. The Kier molecular flexibility index (Phi) is 8.85. The van der Waals surface area contributed by atoms with Crippen LogP contribution in [0.4, 0.5) is 10.1 Å². The van der Waals surface area contributed by atoms with Gasteiger partial charge >= 0.3 is 10.2 Å². The van der Waals surface area contributed by atoms with Gasteiger partial charge in [0.25, 0.3) is 0 Å². The van der Waals surface area contributed by atoms with E-state index < -0.39 is 34.5 Å². The van der Waals surface area contributed by atoms with E-state index in [2.05, 4.69) is 5.32 Å². The summed E-state index contributed by atoms with van der Waals surface area (Å²) in [5.74, 6) is -0.180. The van der Waals surface area contributed by atoms with Gasteiger partial charge in [-0.15, -0.1) is 0 Å². The molecule has 176 valence electrons. The number of benzene rings is 2. The zero-order valence-electron chi connectivity index (χ0n) is 19.0. The van der Waals surface area contributed by atoms with Gasteiger partial charge in [-0.25, -0.2) is 8.70 Å². The first-order valence-electron chi connectivity index (χ1n) is 10.2. The number of carbonyl (C=O) groups excluding carboxylic acids is 1. The zero-order chi connectivity index (χ0) is 23.9. The summed E-state index contributed by atoms with van der Waals surface area (Å²) in [5, 5.41) is 2.77. The van der Waals surface area contributed by atoms with E-state index in [1.807, 2.05) is 13.8 Å². The fraction of sp³-hybridized carbons (Fsp3) is 0.409. The van der Waals surface area contributed by atoms with Crippen molar-refractivity contribution < 1.29 is 27.1 Å². The van der Waals surface area contributed by atoms with Crippen LogP contribution < -0.4 is 19.1 Å². The number of ether oxygens (including phenoxy) is 2. The molecule has 0 radical (unpaired) electrons. The average Bonchev–Trinajstić information content (AvgIpc) is 2.74. The van der Waals surface area contributed by atoms with Crippen LogP contribution in [-0.4, -0.2) is 52.5 Å². The maximum Gasteiger partial charge on any atom is 0.304 e. The molecule has 2 rings (SSSR count). The molecule has 10 heteroatoms. The summed E-state index contributed by atoms with van der Waals surface area (Å²) in [5.41, 5.74) is 0.543. The first kappa shape index (κ1) is 25.4. The van der Waals surface area contributed by atoms with Crippen molar-refractivity contribution in [2.24, 2.45) is 0 Å². The number of amides is 1. The Labute approximate surface area is 189 Å². The topological polar surface area (TPSA) is 88.2 Å². The number of hydrogen-bond acceptors (Lipinski definition) is 5. The number of para-hydroxylation sites is 1. The molecule has 2 aromatic rings. The molecule has 1 N–H and O–H groups in total. The first-order chi connectivity index (χ1) is 15.1. The number of carbonyl (C=O) groups is 1. The zero-order valence-corrected chi connectivity index (χ0v) is 19.8. The van der Waals surface area contributed by atoms with Gasteiger partial charge in [0.05, 0.1) is 24.9 Å². The Morgan fingerprint density at radius 2 is 1.69 bits per heavy atom. The van der Waals surface area contributed by atoms with E-state index in [9.17, 15) is 17.6 Å². The second-order valence-corrected chi connectivity index (χ2v) is 9.18. The Morgan fingerprint density at radius 1 is 1.06 bits per heavy atom. The summed E-state index contributed by atoms with van der Waals surface area (Å²) < 4.78 is 52.7. The molecule has 1 amide bonds.